The van der Waals surface area contributed by atoms with Crippen LogP contribution in [0.1, 0.15) is 25.8 Å². The lowest BCUT2D eigenvalue weighted by Gasteiger charge is -2.24. The summed E-state index contributed by atoms with van der Waals surface area (Å²) in [6.07, 6.45) is 1.53. The molecule has 0 fully saturated rings. The van der Waals surface area contributed by atoms with Gasteiger partial charge in [-0.25, -0.2) is 0 Å². The second-order valence-electron chi connectivity index (χ2n) is 4.94. The number of hydrogen-bond donors (Lipinski definition) is 0. The molecule has 0 aliphatic carbocycles. The van der Waals surface area contributed by atoms with Gasteiger partial charge in [0, 0.05) is 13.7 Å². The number of methoxy groups -OCH3 is 1. The highest BCUT2D eigenvalue weighted by atomic mass is 16.5. The number of ether oxygens (including phenoxy) is 2. The highest BCUT2D eigenvalue weighted by Gasteiger charge is 2.25. The lowest BCUT2D eigenvalue weighted by molar-refractivity contribution is -0.128. The van der Waals surface area contributed by atoms with Gasteiger partial charge >= 0.3 is 0 Å². The van der Waals surface area contributed by atoms with Crippen molar-refractivity contribution in [1.29, 1.82) is 0 Å². The quantitative estimate of drug-likeness (QED) is 0.665. The molecule has 0 saturated heterocycles. The minimum atomic E-state index is -0.699. The van der Waals surface area contributed by atoms with E-state index in [1.54, 1.807) is 14.0 Å². The molecule has 3 nitrogen and oxygen atoms in total. The zero-order chi connectivity index (χ0) is 13.4. The summed E-state index contributed by atoms with van der Waals surface area (Å²) in [6, 6.07) is 10.1. The fourth-order valence-corrected chi connectivity index (χ4v) is 1.88. The standard InChI is InChI=1S/C15H22O3/c1-13(9-15(2,12-16)17-3)10-18-11-14-7-5-4-6-8-14/h4-8,12-13H,9-11H2,1-3H3/t13-,15?/m1/s1. The van der Waals surface area contributed by atoms with Gasteiger partial charge in [-0.2, -0.15) is 0 Å². The summed E-state index contributed by atoms with van der Waals surface area (Å²) in [5.74, 6) is 0.281. The van der Waals surface area contributed by atoms with Gasteiger partial charge in [-0.15, -0.1) is 0 Å². The summed E-state index contributed by atoms with van der Waals surface area (Å²) < 4.78 is 10.8. The summed E-state index contributed by atoms with van der Waals surface area (Å²) >= 11 is 0. The van der Waals surface area contributed by atoms with E-state index in [1.807, 2.05) is 30.3 Å². The van der Waals surface area contributed by atoms with E-state index in [9.17, 15) is 4.79 Å². The molecule has 0 aromatic heterocycles. The zero-order valence-corrected chi connectivity index (χ0v) is 11.4. The first-order chi connectivity index (χ1) is 8.59. The van der Waals surface area contributed by atoms with Crippen molar-refractivity contribution < 1.29 is 14.3 Å². The van der Waals surface area contributed by atoms with E-state index in [1.165, 1.54) is 0 Å². The molecule has 1 unspecified atom stereocenters. The molecule has 100 valence electrons. The first-order valence-corrected chi connectivity index (χ1v) is 6.23. The first-order valence-electron chi connectivity index (χ1n) is 6.23. The Hall–Kier alpha value is -1.19. The molecule has 0 saturated carbocycles. The van der Waals surface area contributed by atoms with Crippen molar-refractivity contribution in [1.82, 2.24) is 0 Å². The summed E-state index contributed by atoms with van der Waals surface area (Å²) in [5.41, 5.74) is 0.463. The Labute approximate surface area is 109 Å². The van der Waals surface area contributed by atoms with Gasteiger partial charge in [0.15, 0.2) is 6.29 Å². The van der Waals surface area contributed by atoms with Gasteiger partial charge in [0.05, 0.1) is 6.61 Å². The van der Waals surface area contributed by atoms with Gasteiger partial charge in [0.25, 0.3) is 0 Å². The highest BCUT2D eigenvalue weighted by Crippen LogP contribution is 2.18. The molecule has 0 aliphatic heterocycles. The molecule has 0 amide bonds. The smallest absolute Gasteiger partial charge is 0.151 e. The molecular weight excluding hydrogens is 228 g/mol. The Kier molecular flexibility index (Phi) is 6.02. The van der Waals surface area contributed by atoms with Crippen LogP contribution in [0.4, 0.5) is 0 Å². The number of carbonyl (C=O) groups excluding carboxylic acids is 1. The molecule has 0 aliphatic rings. The molecule has 0 radical (unpaired) electrons. The first kappa shape index (κ1) is 14.9. The van der Waals surface area contributed by atoms with Gasteiger partial charge < -0.3 is 14.3 Å². The third kappa shape index (κ3) is 4.98. The van der Waals surface area contributed by atoms with Crippen molar-refractivity contribution in [3.8, 4) is 0 Å². The van der Waals surface area contributed by atoms with Crippen molar-refractivity contribution in [2.45, 2.75) is 32.5 Å². The Morgan fingerprint density at radius 1 is 1.33 bits per heavy atom. The van der Waals surface area contributed by atoms with Crippen LogP contribution >= 0.6 is 0 Å². The van der Waals surface area contributed by atoms with Crippen molar-refractivity contribution in [3.63, 3.8) is 0 Å². The number of rotatable bonds is 8. The van der Waals surface area contributed by atoms with Gasteiger partial charge in [-0.1, -0.05) is 37.3 Å². The largest absolute Gasteiger partial charge is 0.376 e. The molecule has 2 atom stereocenters. The monoisotopic (exact) mass is 250 g/mol. The maximum absolute atomic E-state index is 10.9. The van der Waals surface area contributed by atoms with Gasteiger partial charge in [0.2, 0.25) is 0 Å². The number of carbonyl (C=O) groups is 1. The van der Waals surface area contributed by atoms with E-state index >= 15 is 0 Å². The molecule has 18 heavy (non-hydrogen) atoms. The van der Waals surface area contributed by atoms with Crippen LogP contribution in [0.2, 0.25) is 0 Å². The van der Waals surface area contributed by atoms with Crippen LogP contribution in [0.3, 0.4) is 0 Å². The Morgan fingerprint density at radius 2 is 2.00 bits per heavy atom. The average molecular weight is 250 g/mol. The minimum Gasteiger partial charge on any atom is -0.376 e. The van der Waals surface area contributed by atoms with E-state index in [-0.39, 0.29) is 5.92 Å². The lowest BCUT2D eigenvalue weighted by Crippen LogP contribution is -2.32. The number of aldehydes is 1. The molecule has 0 heterocycles. The molecule has 1 rings (SSSR count). The molecule has 1 aromatic carbocycles. The summed E-state index contributed by atoms with van der Waals surface area (Å²) in [7, 11) is 1.56. The molecular formula is C15H22O3. The number of hydrogen-bond acceptors (Lipinski definition) is 3. The maximum Gasteiger partial charge on any atom is 0.151 e. The summed E-state index contributed by atoms with van der Waals surface area (Å²) in [6.45, 7) is 5.09. The second-order valence-corrected chi connectivity index (χ2v) is 4.94. The SMILES string of the molecule is COC(C)(C=O)C[C@@H](C)COCc1ccccc1. The summed E-state index contributed by atoms with van der Waals surface area (Å²) in [5, 5.41) is 0. The molecule has 1 aromatic rings. The Bertz CT molecular complexity index is 350. The van der Waals surface area contributed by atoms with E-state index in [0.29, 0.717) is 19.6 Å². The average Bonchev–Trinajstić information content (AvgIpc) is 2.40. The van der Waals surface area contributed by atoms with E-state index in [2.05, 4.69) is 6.92 Å². The van der Waals surface area contributed by atoms with Crippen molar-refractivity contribution in [3.05, 3.63) is 35.9 Å². The number of benzene rings is 1. The zero-order valence-electron chi connectivity index (χ0n) is 11.4. The predicted molar refractivity (Wildman–Crippen MR) is 71.4 cm³/mol. The lowest BCUT2D eigenvalue weighted by atomic mass is 9.95. The molecule has 0 N–H and O–H groups in total. The van der Waals surface area contributed by atoms with Crippen LogP contribution in [0.5, 0.6) is 0 Å². The second kappa shape index (κ2) is 7.29. The maximum atomic E-state index is 10.9. The Balaban J connectivity index is 2.29. The highest BCUT2D eigenvalue weighted by molar-refractivity contribution is 5.61. The topological polar surface area (TPSA) is 35.5 Å². The van der Waals surface area contributed by atoms with Crippen molar-refractivity contribution in [2.75, 3.05) is 13.7 Å². The normalized spacial score (nSPS) is 15.9. The summed E-state index contributed by atoms with van der Waals surface area (Å²) in [4.78, 5) is 10.9. The Morgan fingerprint density at radius 3 is 2.56 bits per heavy atom. The molecule has 0 spiro atoms. The van der Waals surface area contributed by atoms with Gasteiger partial charge in [0.1, 0.15) is 5.60 Å². The minimum absolute atomic E-state index is 0.281. The van der Waals surface area contributed by atoms with E-state index in [4.69, 9.17) is 9.47 Å². The molecule has 3 heteroatoms. The van der Waals surface area contributed by atoms with Gasteiger partial charge in [-0.3, -0.25) is 0 Å². The van der Waals surface area contributed by atoms with Crippen LogP contribution in [0.15, 0.2) is 30.3 Å². The van der Waals surface area contributed by atoms with Crippen molar-refractivity contribution in [2.24, 2.45) is 5.92 Å². The molecule has 0 bridgehead atoms. The van der Waals surface area contributed by atoms with Crippen LogP contribution in [-0.4, -0.2) is 25.6 Å². The fraction of sp³-hybridized carbons (Fsp3) is 0.533. The van der Waals surface area contributed by atoms with Crippen LogP contribution in [-0.2, 0) is 20.9 Å². The van der Waals surface area contributed by atoms with E-state index < -0.39 is 5.60 Å². The predicted octanol–water partition coefficient (Wildman–Crippen LogP) is 2.83. The fourth-order valence-electron chi connectivity index (χ4n) is 1.88. The van der Waals surface area contributed by atoms with Crippen LogP contribution in [0, 0.1) is 5.92 Å². The third-order valence-corrected chi connectivity index (χ3v) is 2.98. The van der Waals surface area contributed by atoms with Crippen LogP contribution < -0.4 is 0 Å². The van der Waals surface area contributed by atoms with Crippen molar-refractivity contribution >= 4 is 6.29 Å². The van der Waals surface area contributed by atoms with E-state index in [0.717, 1.165) is 11.8 Å². The van der Waals surface area contributed by atoms with Crippen LogP contribution in [0.25, 0.3) is 0 Å². The van der Waals surface area contributed by atoms with Gasteiger partial charge in [-0.05, 0) is 24.8 Å². The third-order valence-electron chi connectivity index (χ3n) is 2.98.